The van der Waals surface area contributed by atoms with E-state index in [1.54, 1.807) is 0 Å². The molecule has 0 aliphatic rings. The monoisotopic (exact) mass is 134 g/mol. The molecule has 0 spiro atoms. The predicted octanol–water partition coefficient (Wildman–Crippen LogP) is -0.117. The van der Waals surface area contributed by atoms with Gasteiger partial charge in [0, 0.05) is 6.54 Å². The van der Waals surface area contributed by atoms with Gasteiger partial charge in [-0.2, -0.15) is 0 Å². The number of sulfonamides is 1. The van der Waals surface area contributed by atoms with Crippen LogP contribution in [-0.4, -0.2) is 15.0 Å². The molecule has 0 aromatic carbocycles. The van der Waals surface area contributed by atoms with Crippen LogP contribution in [0, 0.1) is 6.26 Å². The molecule has 0 fully saturated rings. The molecule has 0 aliphatic heterocycles. The number of hydrogen-bond donors (Lipinski definition) is 1. The summed E-state index contributed by atoms with van der Waals surface area (Å²) in [5, 5.41) is 0. The van der Waals surface area contributed by atoms with Crippen LogP contribution < -0.4 is 4.72 Å². The number of rotatable bonds is 3. The molecule has 3 nitrogen and oxygen atoms in total. The van der Waals surface area contributed by atoms with Crippen LogP contribution in [0.1, 0.15) is 0 Å². The van der Waals surface area contributed by atoms with E-state index in [-0.39, 0.29) is 6.54 Å². The van der Waals surface area contributed by atoms with Crippen molar-refractivity contribution < 1.29 is 8.42 Å². The third-order valence-corrected chi connectivity index (χ3v) is 1.05. The molecule has 0 amide bonds. The van der Waals surface area contributed by atoms with Crippen LogP contribution in [0.2, 0.25) is 0 Å². The molecule has 0 bridgehead atoms. The molecule has 0 rings (SSSR count). The Morgan fingerprint density at radius 1 is 1.62 bits per heavy atom. The molecule has 0 unspecified atom stereocenters. The summed E-state index contributed by atoms with van der Waals surface area (Å²) in [5.74, 6) is 0. The fourth-order valence-electron chi connectivity index (χ4n) is 0.186. The highest BCUT2D eigenvalue weighted by molar-refractivity contribution is 7.90. The van der Waals surface area contributed by atoms with Crippen LogP contribution in [0.3, 0.4) is 0 Å². The average molecular weight is 134 g/mol. The van der Waals surface area contributed by atoms with Crippen molar-refractivity contribution in [3.05, 3.63) is 18.9 Å². The van der Waals surface area contributed by atoms with Crippen LogP contribution in [0.15, 0.2) is 12.7 Å². The Balaban J connectivity index is 3.57. The summed E-state index contributed by atoms with van der Waals surface area (Å²) >= 11 is 0. The van der Waals surface area contributed by atoms with E-state index in [0.29, 0.717) is 0 Å². The topological polar surface area (TPSA) is 46.2 Å². The van der Waals surface area contributed by atoms with Crippen molar-refractivity contribution in [3.63, 3.8) is 0 Å². The third kappa shape index (κ3) is 5.65. The van der Waals surface area contributed by atoms with Crippen molar-refractivity contribution in [1.29, 1.82) is 0 Å². The molecule has 0 aromatic heterocycles. The Morgan fingerprint density at radius 3 is 2.25 bits per heavy atom. The minimum atomic E-state index is -3.26. The molecular formula is C4H8NO2S. The molecule has 1 N–H and O–H groups in total. The summed E-state index contributed by atoms with van der Waals surface area (Å²) in [4.78, 5) is 0. The average Bonchev–Trinajstić information content (AvgIpc) is 1.59. The van der Waals surface area contributed by atoms with Gasteiger partial charge in [-0.3, -0.25) is 0 Å². The van der Waals surface area contributed by atoms with E-state index in [9.17, 15) is 8.42 Å². The van der Waals surface area contributed by atoms with Crippen molar-refractivity contribution in [1.82, 2.24) is 4.72 Å². The number of nitrogens with one attached hydrogen (secondary N) is 1. The lowest BCUT2D eigenvalue weighted by Crippen LogP contribution is -2.19. The highest BCUT2D eigenvalue weighted by Crippen LogP contribution is 1.73. The molecule has 8 heavy (non-hydrogen) atoms. The van der Waals surface area contributed by atoms with E-state index >= 15 is 0 Å². The van der Waals surface area contributed by atoms with E-state index in [2.05, 4.69) is 17.6 Å². The van der Waals surface area contributed by atoms with Gasteiger partial charge in [-0.05, 0) is 0 Å². The van der Waals surface area contributed by atoms with E-state index in [1.165, 1.54) is 6.08 Å². The Morgan fingerprint density at radius 2 is 2.12 bits per heavy atom. The lowest BCUT2D eigenvalue weighted by molar-refractivity contribution is 0.594. The lowest BCUT2D eigenvalue weighted by Gasteiger charge is -1.92. The van der Waals surface area contributed by atoms with Gasteiger partial charge in [-0.1, -0.05) is 6.08 Å². The fraction of sp³-hybridized carbons (Fsp3) is 0.250. The minimum Gasteiger partial charge on any atom is -0.212 e. The second-order valence-electron chi connectivity index (χ2n) is 1.25. The van der Waals surface area contributed by atoms with Gasteiger partial charge in [0.2, 0.25) is 10.0 Å². The molecule has 4 heteroatoms. The number of hydrogen-bond acceptors (Lipinski definition) is 2. The fourth-order valence-corrected chi connectivity index (χ4v) is 0.558. The maximum Gasteiger partial charge on any atom is 0.212 e. The standard InChI is InChI=1S/C4H8NO2S/c1-3-4-5-8(2,6)7/h3,5H,1-2,4H2. The van der Waals surface area contributed by atoms with Gasteiger partial charge in [0.25, 0.3) is 0 Å². The minimum absolute atomic E-state index is 0.242. The van der Waals surface area contributed by atoms with Crippen molar-refractivity contribution in [2.24, 2.45) is 0 Å². The largest absolute Gasteiger partial charge is 0.212 e. The first kappa shape index (κ1) is 7.65. The van der Waals surface area contributed by atoms with Crippen molar-refractivity contribution in [2.75, 3.05) is 6.54 Å². The molecule has 0 atom stereocenters. The van der Waals surface area contributed by atoms with Gasteiger partial charge in [-0.15, -0.1) is 6.58 Å². The lowest BCUT2D eigenvalue weighted by atomic mass is 10.7. The molecule has 0 saturated heterocycles. The van der Waals surface area contributed by atoms with Gasteiger partial charge in [0.1, 0.15) is 0 Å². The molecule has 47 valence electrons. The molecule has 0 aromatic rings. The zero-order valence-electron chi connectivity index (χ0n) is 4.42. The zero-order valence-corrected chi connectivity index (χ0v) is 5.24. The Bertz CT molecular complexity index is 159. The zero-order chi connectivity index (χ0) is 6.62. The van der Waals surface area contributed by atoms with Gasteiger partial charge < -0.3 is 0 Å². The predicted molar refractivity (Wildman–Crippen MR) is 32.5 cm³/mol. The molecule has 0 aliphatic carbocycles. The first-order valence-electron chi connectivity index (χ1n) is 2.00. The van der Waals surface area contributed by atoms with Crippen molar-refractivity contribution in [2.45, 2.75) is 0 Å². The van der Waals surface area contributed by atoms with E-state index in [0.717, 1.165) is 0 Å². The highest BCUT2D eigenvalue weighted by Gasteiger charge is 1.94. The second kappa shape index (κ2) is 2.84. The van der Waals surface area contributed by atoms with Crippen LogP contribution in [0.4, 0.5) is 0 Å². The van der Waals surface area contributed by atoms with E-state index < -0.39 is 10.0 Å². The molecule has 0 heterocycles. The SMILES string of the molecule is [CH2]S(=O)(=O)NCC=C. The van der Waals surface area contributed by atoms with Crippen LogP contribution in [0.5, 0.6) is 0 Å². The summed E-state index contributed by atoms with van der Waals surface area (Å²) in [6.07, 6.45) is 4.27. The van der Waals surface area contributed by atoms with Crippen LogP contribution in [-0.2, 0) is 10.0 Å². The summed E-state index contributed by atoms with van der Waals surface area (Å²) in [6.45, 7) is 3.55. The third-order valence-electron chi connectivity index (χ3n) is 0.448. The first-order chi connectivity index (χ1) is 3.56. The van der Waals surface area contributed by atoms with Gasteiger partial charge in [0.15, 0.2) is 0 Å². The molecular weight excluding hydrogens is 126 g/mol. The van der Waals surface area contributed by atoms with Crippen LogP contribution >= 0.6 is 0 Å². The highest BCUT2D eigenvalue weighted by atomic mass is 32.2. The Hall–Kier alpha value is -0.350. The van der Waals surface area contributed by atoms with Crippen molar-refractivity contribution >= 4 is 10.0 Å². The van der Waals surface area contributed by atoms with Gasteiger partial charge in [-0.25, -0.2) is 13.1 Å². The van der Waals surface area contributed by atoms with Gasteiger partial charge >= 0.3 is 0 Å². The normalized spacial score (nSPS) is 11.1. The smallest absolute Gasteiger partial charge is 0.212 e. The molecule has 1 radical (unpaired) electrons. The van der Waals surface area contributed by atoms with E-state index in [4.69, 9.17) is 0 Å². The quantitative estimate of drug-likeness (QED) is 0.547. The Kier molecular flexibility index (Phi) is 2.71. The summed E-state index contributed by atoms with van der Waals surface area (Å²) < 4.78 is 22.4. The molecule has 0 saturated carbocycles. The second-order valence-corrected chi connectivity index (χ2v) is 2.77. The van der Waals surface area contributed by atoms with Crippen LogP contribution in [0.25, 0.3) is 0 Å². The van der Waals surface area contributed by atoms with E-state index in [1.807, 2.05) is 0 Å². The Labute approximate surface area is 49.5 Å². The summed E-state index contributed by atoms with van der Waals surface area (Å²) in [7, 11) is -3.26. The maximum atomic E-state index is 10.1. The van der Waals surface area contributed by atoms with Crippen molar-refractivity contribution in [3.8, 4) is 0 Å². The maximum absolute atomic E-state index is 10.1. The summed E-state index contributed by atoms with van der Waals surface area (Å²) in [6, 6.07) is 0. The van der Waals surface area contributed by atoms with Gasteiger partial charge in [0.05, 0.1) is 6.26 Å². The first-order valence-corrected chi connectivity index (χ1v) is 3.65. The summed E-state index contributed by atoms with van der Waals surface area (Å²) in [5.41, 5.74) is 0.